The third-order valence-electron chi connectivity index (χ3n) is 6.83. The molecule has 25 heavy (non-hydrogen) atoms. The molecular weight excluding hydrogens is 314 g/mol. The molecule has 144 valence electrons. The first-order valence-electron chi connectivity index (χ1n) is 10.1. The summed E-state index contributed by atoms with van der Waals surface area (Å²) in [6.45, 7) is 10.1. The number of nitrogens with zero attached hydrogens (tertiary/aromatic N) is 4. The molecule has 3 saturated heterocycles. The highest BCUT2D eigenvalue weighted by molar-refractivity contribution is 5.86. The van der Waals surface area contributed by atoms with E-state index in [1.54, 1.807) is 0 Å². The van der Waals surface area contributed by atoms with Crippen molar-refractivity contribution in [1.82, 2.24) is 19.6 Å². The maximum Gasteiger partial charge on any atom is 0.242 e. The Kier molecular flexibility index (Phi) is 6.03. The summed E-state index contributed by atoms with van der Waals surface area (Å²) < 4.78 is 0. The number of hydrogen-bond donors (Lipinski definition) is 1. The highest BCUT2D eigenvalue weighted by atomic mass is 16.2. The van der Waals surface area contributed by atoms with Crippen LogP contribution in [0.2, 0.25) is 0 Å². The Morgan fingerprint density at radius 3 is 1.84 bits per heavy atom. The monoisotopic (exact) mass is 351 g/mol. The zero-order valence-electron chi connectivity index (χ0n) is 16.4. The fourth-order valence-corrected chi connectivity index (χ4v) is 4.77. The molecule has 0 bridgehead atoms. The van der Waals surface area contributed by atoms with E-state index in [4.69, 9.17) is 5.73 Å². The number of rotatable bonds is 3. The van der Waals surface area contributed by atoms with Gasteiger partial charge < -0.3 is 20.4 Å². The standard InChI is InChI=1S/C19H37N5O/c1-19(20,16-4-8-21(2)9-5-16)18(25)24-14-12-23(13-15-24)17-6-10-22(3)11-7-17/h16-17H,4-15,20H2,1-3H3/t19-/m1/s1. The van der Waals surface area contributed by atoms with Gasteiger partial charge >= 0.3 is 0 Å². The van der Waals surface area contributed by atoms with E-state index in [0.29, 0.717) is 12.0 Å². The van der Waals surface area contributed by atoms with Crippen LogP contribution in [0, 0.1) is 5.92 Å². The van der Waals surface area contributed by atoms with Crippen LogP contribution in [0.5, 0.6) is 0 Å². The lowest BCUT2D eigenvalue weighted by molar-refractivity contribution is -0.141. The van der Waals surface area contributed by atoms with Crippen molar-refractivity contribution in [1.29, 1.82) is 0 Å². The van der Waals surface area contributed by atoms with Crippen LogP contribution in [-0.2, 0) is 4.79 Å². The average Bonchev–Trinajstić information content (AvgIpc) is 2.62. The lowest BCUT2D eigenvalue weighted by Gasteiger charge is -2.45. The van der Waals surface area contributed by atoms with E-state index in [1.807, 2.05) is 11.8 Å². The highest BCUT2D eigenvalue weighted by Gasteiger charge is 2.42. The van der Waals surface area contributed by atoms with Crippen LogP contribution >= 0.6 is 0 Å². The Hall–Kier alpha value is -0.690. The van der Waals surface area contributed by atoms with Crippen molar-refractivity contribution in [3.05, 3.63) is 0 Å². The molecule has 0 spiro atoms. The molecule has 0 aromatic carbocycles. The molecule has 0 unspecified atom stereocenters. The lowest BCUT2D eigenvalue weighted by Crippen LogP contribution is -2.63. The summed E-state index contributed by atoms with van der Waals surface area (Å²) in [7, 11) is 4.35. The van der Waals surface area contributed by atoms with Gasteiger partial charge in [-0.3, -0.25) is 9.69 Å². The molecular formula is C19H37N5O. The molecule has 6 heteroatoms. The van der Waals surface area contributed by atoms with Gasteiger partial charge in [0, 0.05) is 32.2 Å². The Bertz CT molecular complexity index is 445. The summed E-state index contributed by atoms with van der Waals surface area (Å²) in [5.74, 6) is 0.480. The van der Waals surface area contributed by atoms with Gasteiger partial charge in [-0.05, 0) is 78.8 Å². The summed E-state index contributed by atoms with van der Waals surface area (Å²) in [6, 6.07) is 0.701. The molecule has 3 aliphatic rings. The van der Waals surface area contributed by atoms with E-state index < -0.39 is 5.54 Å². The van der Waals surface area contributed by atoms with Crippen LogP contribution in [-0.4, -0.2) is 104 Å². The summed E-state index contributed by atoms with van der Waals surface area (Å²) in [6.07, 6.45) is 4.58. The average molecular weight is 352 g/mol. The molecule has 1 atom stereocenters. The molecule has 3 aliphatic heterocycles. The lowest BCUT2D eigenvalue weighted by atomic mass is 9.78. The number of piperazine rings is 1. The molecule has 0 saturated carbocycles. The van der Waals surface area contributed by atoms with Gasteiger partial charge in [0.15, 0.2) is 0 Å². The number of hydrogen-bond acceptors (Lipinski definition) is 5. The summed E-state index contributed by atoms with van der Waals surface area (Å²) in [5.41, 5.74) is 5.86. The predicted octanol–water partition coefficient (Wildman–Crippen LogP) is 0.284. The van der Waals surface area contributed by atoms with E-state index in [2.05, 4.69) is 28.8 Å². The Morgan fingerprint density at radius 1 is 0.840 bits per heavy atom. The molecule has 3 fully saturated rings. The molecule has 1 amide bonds. The van der Waals surface area contributed by atoms with Crippen molar-refractivity contribution in [2.45, 2.75) is 44.2 Å². The molecule has 0 radical (unpaired) electrons. The second kappa shape index (κ2) is 7.91. The SMILES string of the molecule is CN1CCC(N2CCN(C(=O)[C@](C)(N)C3CCN(C)CC3)CC2)CC1. The van der Waals surface area contributed by atoms with Crippen molar-refractivity contribution in [2.75, 3.05) is 66.5 Å². The van der Waals surface area contributed by atoms with Crippen molar-refractivity contribution in [3.8, 4) is 0 Å². The van der Waals surface area contributed by atoms with Gasteiger partial charge in [0.2, 0.25) is 5.91 Å². The second-order valence-electron chi connectivity index (χ2n) is 8.72. The molecule has 0 aromatic rings. The van der Waals surface area contributed by atoms with Gasteiger partial charge in [-0.1, -0.05) is 0 Å². The van der Waals surface area contributed by atoms with Gasteiger partial charge in [-0.25, -0.2) is 0 Å². The zero-order valence-corrected chi connectivity index (χ0v) is 16.4. The summed E-state index contributed by atoms with van der Waals surface area (Å²) in [5, 5.41) is 0. The first-order valence-corrected chi connectivity index (χ1v) is 10.1. The van der Waals surface area contributed by atoms with Crippen molar-refractivity contribution in [2.24, 2.45) is 11.7 Å². The fourth-order valence-electron chi connectivity index (χ4n) is 4.77. The minimum Gasteiger partial charge on any atom is -0.339 e. The fraction of sp³-hybridized carbons (Fsp3) is 0.947. The van der Waals surface area contributed by atoms with Crippen LogP contribution in [0.15, 0.2) is 0 Å². The van der Waals surface area contributed by atoms with Crippen molar-refractivity contribution in [3.63, 3.8) is 0 Å². The number of nitrogens with two attached hydrogens (primary N) is 1. The quantitative estimate of drug-likeness (QED) is 0.792. The van der Waals surface area contributed by atoms with Crippen molar-refractivity contribution < 1.29 is 4.79 Å². The van der Waals surface area contributed by atoms with E-state index in [0.717, 1.165) is 52.1 Å². The predicted molar refractivity (Wildman–Crippen MR) is 101 cm³/mol. The van der Waals surface area contributed by atoms with E-state index in [-0.39, 0.29) is 5.91 Å². The summed E-state index contributed by atoms with van der Waals surface area (Å²) >= 11 is 0. The number of piperidine rings is 2. The van der Waals surface area contributed by atoms with E-state index in [1.165, 1.54) is 25.9 Å². The topological polar surface area (TPSA) is 56.1 Å². The van der Waals surface area contributed by atoms with Crippen molar-refractivity contribution >= 4 is 5.91 Å². The van der Waals surface area contributed by atoms with Crippen LogP contribution in [0.25, 0.3) is 0 Å². The zero-order chi connectivity index (χ0) is 18.0. The number of carbonyl (C=O) groups excluding carboxylic acids is 1. The Morgan fingerprint density at radius 2 is 1.32 bits per heavy atom. The van der Waals surface area contributed by atoms with Gasteiger partial charge in [0.25, 0.3) is 0 Å². The van der Waals surface area contributed by atoms with Crippen LogP contribution < -0.4 is 5.73 Å². The molecule has 0 aromatic heterocycles. The minimum absolute atomic E-state index is 0.171. The van der Waals surface area contributed by atoms with Gasteiger partial charge in [-0.15, -0.1) is 0 Å². The Balaban J connectivity index is 1.50. The summed E-state index contributed by atoms with van der Waals surface area (Å²) in [4.78, 5) is 22.5. The van der Waals surface area contributed by atoms with Crippen LogP contribution in [0.4, 0.5) is 0 Å². The molecule has 2 N–H and O–H groups in total. The van der Waals surface area contributed by atoms with Gasteiger partial charge in [-0.2, -0.15) is 0 Å². The maximum atomic E-state index is 13.1. The maximum absolute atomic E-state index is 13.1. The normalized spacial score (nSPS) is 28.9. The second-order valence-corrected chi connectivity index (χ2v) is 8.72. The third kappa shape index (κ3) is 4.35. The molecule has 3 rings (SSSR count). The number of amides is 1. The number of carbonyl (C=O) groups is 1. The highest BCUT2D eigenvalue weighted by Crippen LogP contribution is 2.28. The van der Waals surface area contributed by atoms with Crippen LogP contribution in [0.1, 0.15) is 32.6 Å². The minimum atomic E-state index is -0.711. The van der Waals surface area contributed by atoms with E-state index >= 15 is 0 Å². The largest absolute Gasteiger partial charge is 0.339 e. The Labute approximate surface area is 153 Å². The van der Waals surface area contributed by atoms with Crippen LogP contribution in [0.3, 0.4) is 0 Å². The number of likely N-dealkylation sites (tertiary alicyclic amines) is 2. The van der Waals surface area contributed by atoms with Gasteiger partial charge in [0.1, 0.15) is 0 Å². The molecule has 6 nitrogen and oxygen atoms in total. The van der Waals surface area contributed by atoms with E-state index in [9.17, 15) is 4.79 Å². The first kappa shape index (κ1) is 19.1. The van der Waals surface area contributed by atoms with Gasteiger partial charge in [0.05, 0.1) is 5.54 Å². The first-order chi connectivity index (χ1) is 11.9. The third-order valence-corrected chi connectivity index (χ3v) is 6.83. The molecule has 3 heterocycles. The molecule has 0 aliphatic carbocycles. The smallest absolute Gasteiger partial charge is 0.242 e.